The zero-order valence-electron chi connectivity index (χ0n) is 9.96. The first-order chi connectivity index (χ1) is 9.01. The summed E-state index contributed by atoms with van der Waals surface area (Å²) >= 11 is 11.9. The number of hydrogen-bond donors (Lipinski definition) is 0. The molecule has 0 unspecified atom stereocenters. The Morgan fingerprint density at radius 2 is 1.63 bits per heavy atom. The van der Waals surface area contributed by atoms with Crippen molar-refractivity contribution in [2.45, 2.75) is 6.43 Å². The van der Waals surface area contributed by atoms with Crippen molar-refractivity contribution in [3.63, 3.8) is 0 Å². The van der Waals surface area contributed by atoms with Crippen LogP contribution >= 0.6 is 23.2 Å². The van der Waals surface area contributed by atoms with Crippen molar-refractivity contribution < 1.29 is 13.5 Å². The minimum Gasteiger partial charge on any atom is -0.496 e. The van der Waals surface area contributed by atoms with E-state index in [4.69, 9.17) is 27.9 Å². The molecule has 19 heavy (non-hydrogen) atoms. The molecule has 5 heteroatoms. The van der Waals surface area contributed by atoms with Gasteiger partial charge in [0.05, 0.1) is 7.11 Å². The molecule has 0 spiro atoms. The van der Waals surface area contributed by atoms with Crippen molar-refractivity contribution in [2.75, 3.05) is 7.11 Å². The SMILES string of the molecule is COc1cc(C(F)F)ccc1-c1cc(Cl)cc(Cl)c1. The minimum atomic E-state index is -2.54. The van der Waals surface area contributed by atoms with Crippen LogP contribution in [-0.2, 0) is 0 Å². The van der Waals surface area contributed by atoms with E-state index in [1.165, 1.54) is 19.2 Å². The smallest absolute Gasteiger partial charge is 0.263 e. The average molecular weight is 303 g/mol. The third-order valence-corrected chi connectivity index (χ3v) is 3.09. The highest BCUT2D eigenvalue weighted by Gasteiger charge is 2.13. The largest absolute Gasteiger partial charge is 0.496 e. The van der Waals surface area contributed by atoms with Crippen LogP contribution < -0.4 is 4.74 Å². The Labute approximate surface area is 119 Å². The fraction of sp³-hybridized carbons (Fsp3) is 0.143. The molecule has 0 aromatic heterocycles. The van der Waals surface area contributed by atoms with Gasteiger partial charge in [0.2, 0.25) is 0 Å². The first-order valence-corrected chi connectivity index (χ1v) is 6.19. The molecular formula is C14H10Cl2F2O. The van der Waals surface area contributed by atoms with Crippen LogP contribution in [0.1, 0.15) is 12.0 Å². The lowest BCUT2D eigenvalue weighted by atomic mass is 10.0. The number of benzene rings is 2. The van der Waals surface area contributed by atoms with E-state index in [1.807, 2.05) is 0 Å². The second kappa shape index (κ2) is 5.76. The Bertz CT molecular complexity index is 580. The third kappa shape index (κ3) is 3.17. The van der Waals surface area contributed by atoms with Gasteiger partial charge in [0.25, 0.3) is 6.43 Å². The number of hydrogen-bond acceptors (Lipinski definition) is 1. The van der Waals surface area contributed by atoms with E-state index in [0.717, 1.165) is 5.56 Å². The summed E-state index contributed by atoms with van der Waals surface area (Å²) in [4.78, 5) is 0. The van der Waals surface area contributed by atoms with E-state index in [1.54, 1.807) is 24.3 Å². The second-order valence-electron chi connectivity index (χ2n) is 3.92. The lowest BCUT2D eigenvalue weighted by Crippen LogP contribution is -1.92. The van der Waals surface area contributed by atoms with Gasteiger partial charge in [0.1, 0.15) is 5.75 Å². The summed E-state index contributed by atoms with van der Waals surface area (Å²) in [6, 6.07) is 9.25. The molecule has 2 aromatic rings. The normalized spacial score (nSPS) is 10.8. The Morgan fingerprint density at radius 3 is 2.16 bits per heavy atom. The number of ether oxygens (including phenoxy) is 1. The maximum absolute atomic E-state index is 12.6. The molecular weight excluding hydrogens is 293 g/mol. The van der Waals surface area contributed by atoms with Gasteiger partial charge < -0.3 is 4.74 Å². The Morgan fingerprint density at radius 1 is 1.00 bits per heavy atom. The fourth-order valence-corrected chi connectivity index (χ4v) is 2.32. The minimum absolute atomic E-state index is 0.0891. The lowest BCUT2D eigenvalue weighted by Gasteiger charge is -2.11. The number of rotatable bonds is 3. The van der Waals surface area contributed by atoms with E-state index in [-0.39, 0.29) is 5.56 Å². The van der Waals surface area contributed by atoms with Crippen molar-refractivity contribution in [1.29, 1.82) is 0 Å². The molecule has 0 amide bonds. The fourth-order valence-electron chi connectivity index (χ4n) is 1.79. The number of alkyl halides is 2. The Balaban J connectivity index is 2.55. The molecule has 2 aromatic carbocycles. The van der Waals surface area contributed by atoms with Crippen molar-refractivity contribution >= 4 is 23.2 Å². The van der Waals surface area contributed by atoms with Gasteiger partial charge in [-0.05, 0) is 29.8 Å². The van der Waals surface area contributed by atoms with Crippen LogP contribution in [0.2, 0.25) is 10.0 Å². The van der Waals surface area contributed by atoms with Crippen molar-refractivity contribution in [3.05, 3.63) is 52.0 Å². The van der Waals surface area contributed by atoms with Crippen molar-refractivity contribution in [2.24, 2.45) is 0 Å². The monoisotopic (exact) mass is 302 g/mol. The van der Waals surface area contributed by atoms with Gasteiger partial charge in [-0.1, -0.05) is 35.3 Å². The molecule has 0 bridgehead atoms. The predicted molar refractivity (Wildman–Crippen MR) is 73.4 cm³/mol. The van der Waals surface area contributed by atoms with Gasteiger partial charge >= 0.3 is 0 Å². The summed E-state index contributed by atoms with van der Waals surface area (Å²) in [6.45, 7) is 0. The molecule has 0 heterocycles. The predicted octanol–water partition coefficient (Wildman–Crippen LogP) is 5.61. The zero-order valence-corrected chi connectivity index (χ0v) is 11.5. The van der Waals surface area contributed by atoms with E-state index in [2.05, 4.69) is 0 Å². The molecule has 0 radical (unpaired) electrons. The quantitative estimate of drug-likeness (QED) is 0.716. The summed E-state index contributed by atoms with van der Waals surface area (Å²) in [6.07, 6.45) is -2.54. The molecule has 0 aliphatic carbocycles. The lowest BCUT2D eigenvalue weighted by molar-refractivity contribution is 0.151. The highest BCUT2D eigenvalue weighted by molar-refractivity contribution is 6.35. The molecule has 0 aliphatic heterocycles. The van der Waals surface area contributed by atoms with Gasteiger partial charge in [-0.15, -0.1) is 0 Å². The number of methoxy groups -OCH3 is 1. The Kier molecular flexibility index (Phi) is 4.27. The number of halogens is 4. The van der Waals surface area contributed by atoms with Gasteiger partial charge in [0.15, 0.2) is 0 Å². The van der Waals surface area contributed by atoms with Crippen LogP contribution in [-0.4, -0.2) is 7.11 Å². The standard InChI is InChI=1S/C14H10Cl2F2O/c1-19-13-6-8(14(17)18)2-3-12(13)9-4-10(15)7-11(16)5-9/h2-7,14H,1H3. The van der Waals surface area contributed by atoms with E-state index >= 15 is 0 Å². The van der Waals surface area contributed by atoms with Crippen molar-refractivity contribution in [1.82, 2.24) is 0 Å². The van der Waals surface area contributed by atoms with Gasteiger partial charge in [-0.2, -0.15) is 0 Å². The first-order valence-electron chi connectivity index (χ1n) is 5.44. The molecule has 0 N–H and O–H groups in total. The molecule has 100 valence electrons. The van der Waals surface area contributed by atoms with Crippen LogP contribution in [0.15, 0.2) is 36.4 Å². The van der Waals surface area contributed by atoms with Gasteiger partial charge in [-0.3, -0.25) is 0 Å². The van der Waals surface area contributed by atoms with E-state index in [9.17, 15) is 8.78 Å². The first kappa shape index (κ1) is 14.1. The molecule has 0 fully saturated rings. The molecule has 0 atom stereocenters. The van der Waals surface area contributed by atoms with Crippen LogP contribution in [0, 0.1) is 0 Å². The Hall–Kier alpha value is -1.32. The zero-order chi connectivity index (χ0) is 14.0. The molecule has 2 rings (SSSR count). The topological polar surface area (TPSA) is 9.23 Å². The van der Waals surface area contributed by atoms with Gasteiger partial charge in [0, 0.05) is 21.2 Å². The van der Waals surface area contributed by atoms with E-state index in [0.29, 0.717) is 21.4 Å². The second-order valence-corrected chi connectivity index (χ2v) is 4.79. The van der Waals surface area contributed by atoms with Gasteiger partial charge in [-0.25, -0.2) is 8.78 Å². The summed E-state index contributed by atoms with van der Waals surface area (Å²) in [7, 11) is 1.43. The third-order valence-electron chi connectivity index (χ3n) is 2.65. The summed E-state index contributed by atoms with van der Waals surface area (Å²) < 4.78 is 30.4. The molecule has 1 nitrogen and oxygen atoms in total. The summed E-state index contributed by atoms with van der Waals surface area (Å²) in [5.74, 6) is 0.358. The van der Waals surface area contributed by atoms with E-state index < -0.39 is 6.43 Å². The highest BCUT2D eigenvalue weighted by Crippen LogP contribution is 2.36. The highest BCUT2D eigenvalue weighted by atomic mass is 35.5. The summed E-state index contributed by atoms with van der Waals surface area (Å²) in [5, 5.41) is 0.949. The molecule has 0 saturated carbocycles. The average Bonchev–Trinajstić information content (AvgIpc) is 2.36. The van der Waals surface area contributed by atoms with Crippen molar-refractivity contribution in [3.8, 4) is 16.9 Å². The van der Waals surface area contributed by atoms with Crippen LogP contribution in [0.25, 0.3) is 11.1 Å². The molecule has 0 saturated heterocycles. The van der Waals surface area contributed by atoms with Crippen LogP contribution in [0.3, 0.4) is 0 Å². The maximum Gasteiger partial charge on any atom is 0.263 e. The van der Waals surface area contributed by atoms with Crippen LogP contribution in [0.4, 0.5) is 8.78 Å². The summed E-state index contributed by atoms with van der Waals surface area (Å²) in [5.41, 5.74) is 1.29. The van der Waals surface area contributed by atoms with Crippen LogP contribution in [0.5, 0.6) is 5.75 Å². The maximum atomic E-state index is 12.6. The molecule has 0 aliphatic rings.